The molecule has 1 unspecified atom stereocenters. The second kappa shape index (κ2) is 10.1. The van der Waals surface area contributed by atoms with Crippen molar-refractivity contribution in [3.63, 3.8) is 0 Å². The highest BCUT2D eigenvalue weighted by Crippen LogP contribution is 2.31. The quantitative estimate of drug-likeness (QED) is 0.247. The van der Waals surface area contributed by atoms with Gasteiger partial charge in [0.15, 0.2) is 5.65 Å². The summed E-state index contributed by atoms with van der Waals surface area (Å²) in [6, 6.07) is 23.7. The molecule has 2 aromatic heterocycles. The summed E-state index contributed by atoms with van der Waals surface area (Å²) in [6.45, 7) is 2.21. The van der Waals surface area contributed by atoms with Gasteiger partial charge < -0.3 is 10.2 Å². The number of aromatic nitrogens is 3. The first-order valence-electron chi connectivity index (χ1n) is 12.4. The average Bonchev–Trinajstić information content (AvgIpc) is 3.32. The lowest BCUT2D eigenvalue weighted by Gasteiger charge is -2.33. The van der Waals surface area contributed by atoms with Crippen molar-refractivity contribution in [2.24, 2.45) is 5.92 Å². The first kappa shape index (κ1) is 23.9. The van der Waals surface area contributed by atoms with Crippen molar-refractivity contribution < 1.29 is 4.79 Å². The molecule has 3 aromatic carbocycles. The lowest BCUT2D eigenvalue weighted by atomic mass is 9.96. The molecule has 6 rings (SSSR count). The molecular formula is C29H25BrClN5O. The van der Waals surface area contributed by atoms with Gasteiger partial charge in [0.1, 0.15) is 5.82 Å². The predicted octanol–water partition coefficient (Wildman–Crippen LogP) is 6.93. The van der Waals surface area contributed by atoms with Crippen LogP contribution in [0, 0.1) is 5.92 Å². The summed E-state index contributed by atoms with van der Waals surface area (Å²) in [4.78, 5) is 20.3. The molecular weight excluding hydrogens is 550 g/mol. The summed E-state index contributed by atoms with van der Waals surface area (Å²) in [5.74, 6) is 1.26. The van der Waals surface area contributed by atoms with E-state index >= 15 is 0 Å². The van der Waals surface area contributed by atoms with Gasteiger partial charge in [-0.1, -0.05) is 66.2 Å². The topological polar surface area (TPSA) is 62.5 Å². The molecule has 186 valence electrons. The Kier molecular flexibility index (Phi) is 6.57. The molecule has 1 aliphatic heterocycles. The minimum absolute atomic E-state index is 0.102. The molecule has 1 amide bonds. The van der Waals surface area contributed by atoms with Crippen LogP contribution >= 0.6 is 27.5 Å². The Hall–Kier alpha value is -3.42. The van der Waals surface area contributed by atoms with Crippen molar-refractivity contribution in [3.05, 3.63) is 94.1 Å². The zero-order valence-corrected chi connectivity index (χ0v) is 22.4. The highest BCUT2D eigenvalue weighted by atomic mass is 79.9. The maximum absolute atomic E-state index is 13.5. The number of rotatable bonds is 5. The summed E-state index contributed by atoms with van der Waals surface area (Å²) in [6.07, 6.45) is 3.78. The molecule has 1 saturated heterocycles. The number of hydrogen-bond donors (Lipinski definition) is 1. The number of halogens is 2. The molecule has 0 aliphatic carbocycles. The van der Waals surface area contributed by atoms with E-state index in [0.717, 1.165) is 69.5 Å². The lowest BCUT2D eigenvalue weighted by molar-refractivity contribution is 0.0682. The van der Waals surface area contributed by atoms with Crippen LogP contribution in [-0.4, -0.2) is 45.0 Å². The number of carbonyl (C=O) groups is 1. The largest absolute Gasteiger partial charge is 0.370 e. The molecule has 1 atom stereocenters. The van der Waals surface area contributed by atoms with Crippen molar-refractivity contribution in [3.8, 4) is 11.3 Å². The maximum Gasteiger partial charge on any atom is 0.254 e. The molecule has 37 heavy (non-hydrogen) atoms. The van der Waals surface area contributed by atoms with E-state index in [1.807, 2.05) is 65.6 Å². The number of nitrogens with one attached hydrogen (secondary N) is 1. The fraction of sp³-hybridized carbons (Fsp3) is 0.207. The number of amides is 1. The minimum atomic E-state index is 0.102. The second-order valence-corrected chi connectivity index (χ2v) is 10.7. The summed E-state index contributed by atoms with van der Waals surface area (Å²) in [5.41, 5.74) is 3.13. The molecule has 5 aromatic rings. The van der Waals surface area contributed by atoms with E-state index in [4.69, 9.17) is 16.6 Å². The van der Waals surface area contributed by atoms with Gasteiger partial charge in [0, 0.05) is 41.9 Å². The van der Waals surface area contributed by atoms with Gasteiger partial charge in [-0.3, -0.25) is 4.79 Å². The Morgan fingerprint density at radius 3 is 2.78 bits per heavy atom. The summed E-state index contributed by atoms with van der Waals surface area (Å²) in [5, 5.41) is 10.8. The average molecular weight is 575 g/mol. The normalized spacial score (nSPS) is 15.8. The van der Waals surface area contributed by atoms with Crippen molar-refractivity contribution in [2.75, 3.05) is 25.0 Å². The third-order valence-corrected chi connectivity index (χ3v) is 7.87. The molecule has 0 bridgehead atoms. The van der Waals surface area contributed by atoms with Crippen molar-refractivity contribution in [1.82, 2.24) is 19.5 Å². The first-order valence-corrected chi connectivity index (χ1v) is 13.6. The van der Waals surface area contributed by atoms with E-state index in [2.05, 4.69) is 38.5 Å². The van der Waals surface area contributed by atoms with Gasteiger partial charge >= 0.3 is 0 Å². The Bertz CT molecular complexity index is 1610. The van der Waals surface area contributed by atoms with Gasteiger partial charge in [-0.2, -0.15) is 9.61 Å². The molecule has 1 N–H and O–H groups in total. The van der Waals surface area contributed by atoms with Crippen LogP contribution in [0.1, 0.15) is 23.2 Å². The lowest BCUT2D eigenvalue weighted by Crippen LogP contribution is -2.42. The summed E-state index contributed by atoms with van der Waals surface area (Å²) in [7, 11) is 0. The Labute approximate surface area is 228 Å². The van der Waals surface area contributed by atoms with E-state index in [1.165, 1.54) is 0 Å². The van der Waals surface area contributed by atoms with Crippen molar-refractivity contribution >= 4 is 55.7 Å². The van der Waals surface area contributed by atoms with Gasteiger partial charge in [0.25, 0.3) is 5.91 Å². The van der Waals surface area contributed by atoms with Crippen LogP contribution in [0.4, 0.5) is 5.82 Å². The van der Waals surface area contributed by atoms with E-state index in [9.17, 15) is 4.79 Å². The third kappa shape index (κ3) is 4.69. The van der Waals surface area contributed by atoms with Gasteiger partial charge in [-0.25, -0.2) is 4.98 Å². The highest BCUT2D eigenvalue weighted by Gasteiger charge is 2.26. The van der Waals surface area contributed by atoms with Crippen molar-refractivity contribution in [2.45, 2.75) is 12.8 Å². The molecule has 0 radical (unpaired) electrons. The van der Waals surface area contributed by atoms with Crippen LogP contribution in [0.2, 0.25) is 5.02 Å². The smallest absolute Gasteiger partial charge is 0.254 e. The van der Waals surface area contributed by atoms with Crippen LogP contribution in [0.15, 0.2) is 83.5 Å². The number of hydrogen-bond acceptors (Lipinski definition) is 4. The third-order valence-electron chi connectivity index (χ3n) is 6.98. The number of anilines is 1. The molecule has 8 heteroatoms. The SMILES string of the molecule is O=C(c1cccc2ccccc12)N1CCCC(CNc2cc(-c3ccccc3Cl)nc3c(Br)cnn23)C1. The van der Waals surface area contributed by atoms with Gasteiger partial charge in [0.05, 0.1) is 16.4 Å². The molecule has 0 spiro atoms. The second-order valence-electron chi connectivity index (χ2n) is 9.40. The summed E-state index contributed by atoms with van der Waals surface area (Å²) < 4.78 is 2.61. The summed E-state index contributed by atoms with van der Waals surface area (Å²) >= 11 is 10.0. The Morgan fingerprint density at radius 2 is 1.89 bits per heavy atom. The predicted molar refractivity (Wildman–Crippen MR) is 152 cm³/mol. The fourth-order valence-electron chi connectivity index (χ4n) is 5.12. The van der Waals surface area contributed by atoms with Crippen molar-refractivity contribution in [1.29, 1.82) is 0 Å². The van der Waals surface area contributed by atoms with E-state index in [1.54, 1.807) is 10.7 Å². The number of fused-ring (bicyclic) bond motifs is 2. The Balaban J connectivity index is 1.23. The standard InChI is InChI=1S/C29H25BrClN5O/c30-24-17-33-36-27(15-26(34-28(24)36)23-11-3-4-13-25(23)31)32-16-19-7-6-14-35(18-19)29(37)22-12-5-9-20-8-1-2-10-21(20)22/h1-5,8-13,15,17,19,32H,6-7,14,16,18H2. The van der Waals surface area contributed by atoms with Crippen LogP contribution in [-0.2, 0) is 0 Å². The molecule has 6 nitrogen and oxygen atoms in total. The minimum Gasteiger partial charge on any atom is -0.370 e. The maximum atomic E-state index is 13.5. The van der Waals surface area contributed by atoms with E-state index in [-0.39, 0.29) is 5.91 Å². The highest BCUT2D eigenvalue weighted by molar-refractivity contribution is 9.10. The van der Waals surface area contributed by atoms with Crippen LogP contribution in [0.25, 0.3) is 27.7 Å². The number of piperidine rings is 1. The fourth-order valence-corrected chi connectivity index (χ4v) is 5.70. The zero-order chi connectivity index (χ0) is 25.4. The van der Waals surface area contributed by atoms with Gasteiger partial charge in [0.2, 0.25) is 0 Å². The number of benzene rings is 3. The van der Waals surface area contributed by atoms with Crippen LogP contribution < -0.4 is 5.32 Å². The van der Waals surface area contributed by atoms with E-state index < -0.39 is 0 Å². The van der Waals surface area contributed by atoms with Gasteiger partial charge in [-0.05, 0) is 57.6 Å². The molecule has 1 fully saturated rings. The number of likely N-dealkylation sites (tertiary alicyclic amines) is 1. The molecule has 0 saturated carbocycles. The Morgan fingerprint density at radius 1 is 1.08 bits per heavy atom. The van der Waals surface area contributed by atoms with Gasteiger partial charge in [-0.15, -0.1) is 0 Å². The van der Waals surface area contributed by atoms with E-state index in [0.29, 0.717) is 17.5 Å². The zero-order valence-electron chi connectivity index (χ0n) is 20.1. The number of nitrogens with zero attached hydrogens (tertiary/aromatic N) is 4. The van der Waals surface area contributed by atoms with Crippen LogP contribution in [0.3, 0.4) is 0 Å². The first-order chi connectivity index (χ1) is 18.1. The monoisotopic (exact) mass is 573 g/mol. The molecule has 3 heterocycles. The molecule has 1 aliphatic rings. The van der Waals surface area contributed by atoms with Crippen LogP contribution in [0.5, 0.6) is 0 Å². The number of carbonyl (C=O) groups excluding carboxylic acids is 1.